The molecule has 3 fully saturated rings. The zero-order valence-corrected chi connectivity index (χ0v) is 27.0. The minimum atomic E-state index is -4.61. The SMILES string of the molecule is Cc1cccc(NC(=O)COc2ccc([C@H]3c4sc(=O)[nH]c4SC4C3[C@H]3C[C@@H]4C4C(=O)N(c5cccc(C(F)(F)F)c5)C(=O)C43)cc2)c1. The van der Waals surface area contributed by atoms with E-state index < -0.39 is 35.4 Å². The zero-order valence-electron chi connectivity index (χ0n) is 25.3. The summed E-state index contributed by atoms with van der Waals surface area (Å²) in [6, 6.07) is 19.2. The Bertz CT molecular complexity index is 2030. The van der Waals surface area contributed by atoms with E-state index in [4.69, 9.17) is 4.74 Å². The molecule has 246 valence electrons. The number of rotatable bonds is 6. The number of halogens is 3. The smallest absolute Gasteiger partial charge is 0.416 e. The minimum Gasteiger partial charge on any atom is -0.484 e. The molecule has 0 radical (unpaired) electrons. The number of nitrogens with one attached hydrogen (secondary N) is 2. The van der Waals surface area contributed by atoms with Crippen LogP contribution in [0.4, 0.5) is 24.5 Å². The summed E-state index contributed by atoms with van der Waals surface area (Å²) in [5.41, 5.74) is 1.63. The van der Waals surface area contributed by atoms with Crippen LogP contribution in [0.2, 0.25) is 0 Å². The van der Waals surface area contributed by atoms with Gasteiger partial charge in [-0.1, -0.05) is 41.7 Å². The Morgan fingerprint density at radius 3 is 2.44 bits per heavy atom. The summed E-state index contributed by atoms with van der Waals surface area (Å²) in [4.78, 5) is 57.4. The quantitative estimate of drug-likeness (QED) is 0.225. The van der Waals surface area contributed by atoms with E-state index in [9.17, 15) is 32.3 Å². The summed E-state index contributed by atoms with van der Waals surface area (Å²) in [5.74, 6) is -2.68. The summed E-state index contributed by atoms with van der Waals surface area (Å²) >= 11 is 2.67. The summed E-state index contributed by atoms with van der Waals surface area (Å²) in [7, 11) is 0. The van der Waals surface area contributed by atoms with Crippen molar-refractivity contribution in [2.45, 2.75) is 35.7 Å². The lowest BCUT2D eigenvalue weighted by atomic mass is 9.68. The number of imide groups is 1. The van der Waals surface area contributed by atoms with Crippen LogP contribution in [0.1, 0.15) is 33.9 Å². The monoisotopic (exact) mass is 691 g/mol. The third-order valence-corrected chi connectivity index (χ3v) is 12.7. The molecule has 4 unspecified atom stereocenters. The molecule has 1 saturated heterocycles. The lowest BCUT2D eigenvalue weighted by molar-refractivity contribution is -0.137. The molecule has 13 heteroatoms. The Morgan fingerprint density at radius 1 is 0.979 bits per heavy atom. The molecule has 2 aliphatic carbocycles. The van der Waals surface area contributed by atoms with Gasteiger partial charge in [-0.2, -0.15) is 13.2 Å². The van der Waals surface area contributed by atoms with E-state index in [1.54, 1.807) is 18.2 Å². The first-order valence-electron chi connectivity index (χ1n) is 15.5. The first-order chi connectivity index (χ1) is 23.0. The number of hydrogen-bond acceptors (Lipinski definition) is 7. The van der Waals surface area contributed by atoms with Crippen LogP contribution < -0.4 is 19.8 Å². The second-order valence-electron chi connectivity index (χ2n) is 12.8. The average Bonchev–Trinajstić information content (AvgIpc) is 3.78. The molecule has 3 aromatic carbocycles. The molecule has 0 spiro atoms. The number of aromatic nitrogens is 1. The number of carbonyl (C=O) groups excluding carboxylic acids is 3. The van der Waals surface area contributed by atoms with E-state index >= 15 is 0 Å². The highest BCUT2D eigenvalue weighted by Crippen LogP contribution is 2.68. The number of thiazole rings is 1. The largest absolute Gasteiger partial charge is 0.484 e. The molecule has 4 aliphatic rings. The van der Waals surface area contributed by atoms with Crippen LogP contribution in [0.5, 0.6) is 5.75 Å². The van der Waals surface area contributed by atoms with E-state index in [2.05, 4.69) is 10.3 Å². The van der Waals surface area contributed by atoms with Gasteiger partial charge < -0.3 is 15.0 Å². The fourth-order valence-corrected chi connectivity index (χ4v) is 11.2. The maximum Gasteiger partial charge on any atom is 0.416 e. The number of aryl methyl sites for hydroxylation is 1. The molecular weight excluding hydrogens is 664 g/mol. The normalized spacial score (nSPS) is 27.1. The number of H-pyrrole nitrogens is 1. The van der Waals surface area contributed by atoms with Gasteiger partial charge in [0.15, 0.2) is 6.61 Å². The molecule has 2 saturated carbocycles. The number of aromatic amines is 1. The van der Waals surface area contributed by atoms with Crippen molar-refractivity contribution in [2.75, 3.05) is 16.8 Å². The predicted octanol–water partition coefficient (Wildman–Crippen LogP) is 6.46. The Kier molecular flexibility index (Phi) is 7.33. The van der Waals surface area contributed by atoms with Crippen LogP contribution in [0, 0.1) is 36.5 Å². The molecule has 1 aromatic heterocycles. The number of alkyl halides is 3. The maximum atomic E-state index is 13.9. The number of hydrogen-bond donors (Lipinski definition) is 2. The fourth-order valence-electron chi connectivity index (χ4n) is 8.31. The van der Waals surface area contributed by atoms with Crippen molar-refractivity contribution < 1.29 is 32.3 Å². The Hall–Kier alpha value is -4.36. The lowest BCUT2D eigenvalue weighted by Gasteiger charge is -2.43. The summed E-state index contributed by atoms with van der Waals surface area (Å²) in [6.07, 6.45) is -3.96. The summed E-state index contributed by atoms with van der Waals surface area (Å²) in [6.45, 7) is 1.75. The van der Waals surface area contributed by atoms with Crippen LogP contribution in [0.25, 0.3) is 0 Å². The number of thioether (sulfide) groups is 1. The lowest BCUT2D eigenvalue weighted by Crippen LogP contribution is -2.42. The van der Waals surface area contributed by atoms with Crippen LogP contribution in [0.15, 0.2) is 82.6 Å². The highest BCUT2D eigenvalue weighted by Gasteiger charge is 2.69. The molecule has 8 nitrogen and oxygen atoms in total. The van der Waals surface area contributed by atoms with Gasteiger partial charge in [0.2, 0.25) is 11.8 Å². The molecule has 2 bridgehead atoms. The van der Waals surface area contributed by atoms with E-state index in [-0.39, 0.29) is 52.0 Å². The third kappa shape index (κ3) is 5.06. The van der Waals surface area contributed by atoms with Crippen molar-refractivity contribution in [2.24, 2.45) is 29.6 Å². The van der Waals surface area contributed by atoms with Gasteiger partial charge in [-0.3, -0.25) is 24.1 Å². The zero-order chi connectivity index (χ0) is 33.5. The minimum absolute atomic E-state index is 0.0626. The van der Waals surface area contributed by atoms with Crippen molar-refractivity contribution >= 4 is 52.2 Å². The van der Waals surface area contributed by atoms with E-state index in [0.717, 1.165) is 49.4 Å². The number of benzene rings is 3. The first-order valence-corrected chi connectivity index (χ1v) is 17.2. The summed E-state index contributed by atoms with van der Waals surface area (Å²) < 4.78 is 46.3. The maximum absolute atomic E-state index is 13.9. The molecule has 8 rings (SSSR count). The van der Waals surface area contributed by atoms with E-state index in [1.807, 2.05) is 37.3 Å². The number of fused-ring (bicyclic) bond motifs is 9. The molecule has 48 heavy (non-hydrogen) atoms. The van der Waals surface area contributed by atoms with Crippen LogP contribution in [-0.2, 0) is 20.6 Å². The van der Waals surface area contributed by atoms with Gasteiger partial charge in [0.05, 0.1) is 28.1 Å². The Labute approximate surface area is 280 Å². The number of amides is 3. The van der Waals surface area contributed by atoms with Gasteiger partial charge in [-0.15, -0.1) is 11.8 Å². The number of nitrogens with zero attached hydrogens (tertiary/aromatic N) is 1. The number of ether oxygens (including phenoxy) is 1. The molecule has 7 atom stereocenters. The van der Waals surface area contributed by atoms with Gasteiger partial charge >= 0.3 is 11.0 Å². The van der Waals surface area contributed by atoms with Gasteiger partial charge in [0.25, 0.3) is 5.91 Å². The number of anilines is 2. The Balaban J connectivity index is 1.06. The van der Waals surface area contributed by atoms with Crippen LogP contribution in [0.3, 0.4) is 0 Å². The third-order valence-electron chi connectivity index (χ3n) is 10.1. The van der Waals surface area contributed by atoms with Gasteiger partial charge in [-0.25, -0.2) is 0 Å². The highest BCUT2D eigenvalue weighted by atomic mass is 32.2. The van der Waals surface area contributed by atoms with Gasteiger partial charge in [0, 0.05) is 21.7 Å². The molecular formula is C35H28F3N3O5S2. The van der Waals surface area contributed by atoms with Crippen molar-refractivity contribution in [3.05, 3.63) is 104 Å². The fraction of sp³-hybridized carbons (Fsp3) is 0.314. The van der Waals surface area contributed by atoms with E-state index in [1.165, 1.54) is 23.9 Å². The van der Waals surface area contributed by atoms with Crippen molar-refractivity contribution in [3.63, 3.8) is 0 Å². The van der Waals surface area contributed by atoms with Crippen LogP contribution in [-0.4, -0.2) is 34.6 Å². The molecule has 2 N–H and O–H groups in total. The summed E-state index contributed by atoms with van der Waals surface area (Å²) in [5, 5.41) is 3.49. The Morgan fingerprint density at radius 2 is 1.71 bits per heavy atom. The second kappa shape index (κ2) is 11.4. The molecule has 3 heterocycles. The molecule has 2 aliphatic heterocycles. The molecule has 3 amide bonds. The van der Waals surface area contributed by atoms with Crippen molar-refractivity contribution in [1.82, 2.24) is 4.98 Å². The standard InChI is InChI=1S/C35H28F3N3O5S2/c1-16-4-2-6-19(12-16)39-24(42)15-46-21-10-8-17(9-11-21)25-26-22-14-23(29(26)47-31-30(25)48-34(45)40-31)28-27(22)32(43)41(33(28)44)20-7-3-5-18(13-20)35(36,37)38/h2-13,22-23,25-29H,14-15H2,1H3,(H,39,42)(H,40,45)/t22-,23-,25-,26?,27?,28?,29?/m1/s1. The highest BCUT2D eigenvalue weighted by molar-refractivity contribution is 8.00. The van der Waals surface area contributed by atoms with Crippen molar-refractivity contribution in [1.29, 1.82) is 0 Å². The topological polar surface area (TPSA) is 109 Å². The van der Waals surface area contributed by atoms with Gasteiger partial charge in [0.1, 0.15) is 5.75 Å². The first kappa shape index (κ1) is 30.9. The average molecular weight is 692 g/mol. The van der Waals surface area contributed by atoms with Gasteiger partial charge in [-0.05, 0) is 84.7 Å². The molecule has 4 aromatic rings. The predicted molar refractivity (Wildman–Crippen MR) is 174 cm³/mol. The number of carbonyl (C=O) groups is 3. The van der Waals surface area contributed by atoms with Crippen molar-refractivity contribution in [3.8, 4) is 5.75 Å². The van der Waals surface area contributed by atoms with Crippen LogP contribution >= 0.6 is 23.1 Å². The van der Waals surface area contributed by atoms with E-state index in [0.29, 0.717) is 17.9 Å². The second-order valence-corrected chi connectivity index (χ2v) is 15.0.